The molecule has 2 aromatic rings. The fourth-order valence-corrected chi connectivity index (χ4v) is 6.28. The van der Waals surface area contributed by atoms with Crippen molar-refractivity contribution in [2.24, 2.45) is 0 Å². The zero-order valence-corrected chi connectivity index (χ0v) is 12.1. The average molecular weight is 262 g/mol. The fraction of sp³-hybridized carbons (Fsp3) is 0.111. The predicted octanol–water partition coefficient (Wildman–Crippen LogP) is 2.91. The van der Waals surface area contributed by atoms with Crippen molar-refractivity contribution < 1.29 is 0 Å². The molecule has 1 aliphatic carbocycles. The van der Waals surface area contributed by atoms with Crippen molar-refractivity contribution in [1.29, 1.82) is 0 Å². The summed E-state index contributed by atoms with van der Waals surface area (Å²) in [7, 11) is -1.17. The Hall–Kier alpha value is -1.86. The SMILES string of the molecule is C1=CCC([SiH](c2ccccc2)c2ccccc2)C=C1. The van der Waals surface area contributed by atoms with Crippen molar-refractivity contribution in [3.63, 3.8) is 0 Å². The molecule has 0 bridgehead atoms. The first-order valence-electron chi connectivity index (χ1n) is 6.88. The highest BCUT2D eigenvalue weighted by Gasteiger charge is 2.24. The molecule has 0 N–H and O–H groups in total. The molecule has 19 heavy (non-hydrogen) atoms. The third-order valence-electron chi connectivity index (χ3n) is 3.76. The quantitative estimate of drug-likeness (QED) is 0.746. The number of benzene rings is 2. The van der Waals surface area contributed by atoms with Gasteiger partial charge in [-0.15, -0.1) is 0 Å². The van der Waals surface area contributed by atoms with Crippen molar-refractivity contribution in [2.45, 2.75) is 12.0 Å². The molecule has 1 aliphatic rings. The van der Waals surface area contributed by atoms with E-state index in [4.69, 9.17) is 0 Å². The van der Waals surface area contributed by atoms with Crippen molar-refractivity contribution in [3.8, 4) is 0 Å². The van der Waals surface area contributed by atoms with E-state index in [1.54, 1.807) is 10.4 Å². The van der Waals surface area contributed by atoms with Crippen molar-refractivity contribution in [2.75, 3.05) is 0 Å². The molecule has 1 unspecified atom stereocenters. The lowest BCUT2D eigenvalue weighted by molar-refractivity contribution is 1.01. The summed E-state index contributed by atoms with van der Waals surface area (Å²) in [6.07, 6.45) is 10.3. The van der Waals surface area contributed by atoms with Gasteiger partial charge in [0.15, 0.2) is 0 Å². The first-order chi connectivity index (χ1) is 9.45. The highest BCUT2D eigenvalue weighted by atomic mass is 28.3. The summed E-state index contributed by atoms with van der Waals surface area (Å²) >= 11 is 0. The van der Waals surface area contributed by atoms with E-state index in [1.165, 1.54) is 6.42 Å². The lowest BCUT2D eigenvalue weighted by Gasteiger charge is -2.24. The molecule has 2 aromatic carbocycles. The van der Waals surface area contributed by atoms with Crippen LogP contribution in [0.15, 0.2) is 85.0 Å². The van der Waals surface area contributed by atoms with Crippen molar-refractivity contribution in [1.82, 2.24) is 0 Å². The maximum absolute atomic E-state index is 2.40. The van der Waals surface area contributed by atoms with Crippen molar-refractivity contribution >= 4 is 19.2 Å². The number of rotatable bonds is 3. The summed E-state index contributed by atoms with van der Waals surface area (Å²) in [6.45, 7) is 0. The van der Waals surface area contributed by atoms with Gasteiger partial charge in [-0.2, -0.15) is 0 Å². The van der Waals surface area contributed by atoms with Crippen LogP contribution in [0.25, 0.3) is 0 Å². The van der Waals surface area contributed by atoms with Crippen LogP contribution in [0.3, 0.4) is 0 Å². The summed E-state index contributed by atoms with van der Waals surface area (Å²) in [4.78, 5) is 0. The monoisotopic (exact) mass is 262 g/mol. The lowest BCUT2D eigenvalue weighted by Crippen LogP contribution is -2.45. The summed E-state index contributed by atoms with van der Waals surface area (Å²) in [5.41, 5.74) is 0.690. The lowest BCUT2D eigenvalue weighted by atomic mass is 10.2. The normalized spacial score (nSPS) is 17.8. The Morgan fingerprint density at radius 3 is 1.79 bits per heavy atom. The molecule has 1 heteroatoms. The molecule has 0 amide bonds. The molecule has 0 aromatic heterocycles. The molecule has 0 fully saturated rings. The van der Waals surface area contributed by atoms with Crippen LogP contribution in [0.4, 0.5) is 0 Å². The molecule has 0 nitrogen and oxygen atoms in total. The maximum Gasteiger partial charge on any atom is 0.110 e. The van der Waals surface area contributed by atoms with Gasteiger partial charge in [0.2, 0.25) is 0 Å². The Balaban J connectivity index is 2.01. The molecule has 3 rings (SSSR count). The van der Waals surface area contributed by atoms with E-state index in [1.807, 2.05) is 0 Å². The fourth-order valence-electron chi connectivity index (χ4n) is 2.85. The largest absolute Gasteiger partial charge is 0.110 e. The van der Waals surface area contributed by atoms with E-state index >= 15 is 0 Å². The Bertz CT molecular complexity index is 530. The van der Waals surface area contributed by atoms with Gasteiger partial charge in [-0.1, -0.05) is 95.3 Å². The Morgan fingerprint density at radius 2 is 1.32 bits per heavy atom. The van der Waals surface area contributed by atoms with E-state index in [-0.39, 0.29) is 0 Å². The average Bonchev–Trinajstić information content (AvgIpc) is 2.51. The highest BCUT2D eigenvalue weighted by Crippen LogP contribution is 2.21. The molecule has 0 aliphatic heterocycles. The van der Waals surface area contributed by atoms with Crippen molar-refractivity contribution in [3.05, 3.63) is 85.0 Å². The van der Waals surface area contributed by atoms with Gasteiger partial charge in [0, 0.05) is 0 Å². The van der Waals surface area contributed by atoms with E-state index in [2.05, 4.69) is 85.0 Å². The molecule has 0 spiro atoms. The van der Waals surface area contributed by atoms with Crippen LogP contribution in [-0.2, 0) is 0 Å². The molecule has 0 radical (unpaired) electrons. The van der Waals surface area contributed by atoms with Crippen LogP contribution in [-0.4, -0.2) is 8.80 Å². The van der Waals surface area contributed by atoms with Crippen LogP contribution in [0.2, 0.25) is 5.54 Å². The predicted molar refractivity (Wildman–Crippen MR) is 85.9 cm³/mol. The molecule has 94 valence electrons. The molecule has 0 saturated carbocycles. The van der Waals surface area contributed by atoms with Gasteiger partial charge in [-0.05, 0) is 12.0 Å². The summed E-state index contributed by atoms with van der Waals surface area (Å²) in [5, 5.41) is 3.08. The second kappa shape index (κ2) is 5.85. The zero-order valence-electron chi connectivity index (χ0n) is 10.9. The topological polar surface area (TPSA) is 0 Å². The Morgan fingerprint density at radius 1 is 0.737 bits per heavy atom. The zero-order chi connectivity index (χ0) is 12.9. The van der Waals surface area contributed by atoms with Gasteiger partial charge in [-0.25, -0.2) is 0 Å². The van der Waals surface area contributed by atoms with Gasteiger partial charge in [0.1, 0.15) is 8.80 Å². The third-order valence-corrected chi connectivity index (χ3v) is 7.32. The standard InChI is InChI=1S/C18H18Si/c1-4-10-16(11-5-1)19(17-12-6-2-7-13-17)18-14-8-3-9-15-18/h1-14,18-19H,15H2. The van der Waals surface area contributed by atoms with Gasteiger partial charge in [0.25, 0.3) is 0 Å². The van der Waals surface area contributed by atoms with Gasteiger partial charge in [0.05, 0.1) is 0 Å². The summed E-state index contributed by atoms with van der Waals surface area (Å²) in [6, 6.07) is 22.1. The number of hydrogen-bond acceptors (Lipinski definition) is 0. The van der Waals surface area contributed by atoms with Crippen LogP contribution in [0.1, 0.15) is 6.42 Å². The van der Waals surface area contributed by atoms with E-state index < -0.39 is 8.80 Å². The van der Waals surface area contributed by atoms with Crippen LogP contribution < -0.4 is 10.4 Å². The summed E-state index contributed by atoms with van der Waals surface area (Å²) < 4.78 is 0. The van der Waals surface area contributed by atoms with E-state index in [0.717, 1.165) is 0 Å². The third kappa shape index (κ3) is 2.77. The minimum absolute atomic E-state index is 0.690. The van der Waals surface area contributed by atoms with Crippen LogP contribution >= 0.6 is 0 Å². The summed E-state index contributed by atoms with van der Waals surface area (Å²) in [5.74, 6) is 0. The minimum Gasteiger partial charge on any atom is -0.0842 e. The molecule has 0 saturated heterocycles. The molecular weight excluding hydrogens is 244 g/mol. The Labute approximate surface area is 116 Å². The minimum atomic E-state index is -1.17. The van der Waals surface area contributed by atoms with E-state index in [9.17, 15) is 0 Å². The molecular formula is C18H18Si. The molecule has 1 atom stereocenters. The number of allylic oxidation sites excluding steroid dienone is 4. The second-order valence-corrected chi connectivity index (χ2v) is 8.16. The smallest absolute Gasteiger partial charge is 0.0842 e. The first-order valence-corrected chi connectivity index (χ1v) is 8.70. The van der Waals surface area contributed by atoms with E-state index in [0.29, 0.717) is 5.54 Å². The highest BCUT2D eigenvalue weighted by molar-refractivity contribution is 6.86. The van der Waals surface area contributed by atoms with Gasteiger partial charge >= 0.3 is 0 Å². The number of hydrogen-bond donors (Lipinski definition) is 0. The van der Waals surface area contributed by atoms with Gasteiger partial charge in [-0.3, -0.25) is 0 Å². The van der Waals surface area contributed by atoms with Crippen LogP contribution in [0.5, 0.6) is 0 Å². The van der Waals surface area contributed by atoms with Gasteiger partial charge < -0.3 is 0 Å². The second-order valence-electron chi connectivity index (χ2n) is 5.01. The first kappa shape index (κ1) is 12.2. The Kier molecular flexibility index (Phi) is 3.75. The van der Waals surface area contributed by atoms with Crippen LogP contribution in [0, 0.1) is 0 Å². The molecule has 0 heterocycles. The maximum atomic E-state index is 2.40.